The molecule has 2 fully saturated rings. The first-order valence-corrected chi connectivity index (χ1v) is 8.20. The van der Waals surface area contributed by atoms with E-state index in [-0.39, 0.29) is 42.9 Å². The first kappa shape index (κ1) is 21.2. The van der Waals surface area contributed by atoms with Crippen molar-refractivity contribution in [3.63, 3.8) is 0 Å². The van der Waals surface area contributed by atoms with Gasteiger partial charge in [0.25, 0.3) is 5.91 Å². The Hall–Kier alpha value is -0.850. The lowest BCUT2D eigenvalue weighted by atomic mass is 10.1. The number of nitrogens with one attached hydrogen (secondary N) is 2. The van der Waals surface area contributed by atoms with Crippen molar-refractivity contribution in [1.29, 1.82) is 0 Å². The van der Waals surface area contributed by atoms with Gasteiger partial charge in [0, 0.05) is 32.2 Å². The Kier molecular flexibility index (Phi) is 9.63. The van der Waals surface area contributed by atoms with Crippen molar-refractivity contribution in [1.82, 2.24) is 15.5 Å². The van der Waals surface area contributed by atoms with Crippen LogP contribution >= 0.6 is 24.8 Å². The molecule has 7 heteroatoms. The third kappa shape index (κ3) is 6.22. The molecule has 2 aliphatic heterocycles. The Morgan fingerprint density at radius 3 is 2.79 bits per heavy atom. The minimum absolute atomic E-state index is 0. The first-order chi connectivity index (χ1) is 10.8. The summed E-state index contributed by atoms with van der Waals surface area (Å²) >= 11 is 0. The lowest BCUT2D eigenvalue weighted by Crippen LogP contribution is -2.54. The van der Waals surface area contributed by atoms with Gasteiger partial charge in [-0.3, -0.25) is 9.69 Å². The van der Waals surface area contributed by atoms with Crippen LogP contribution in [-0.2, 0) is 16.1 Å². The largest absolute Gasteiger partial charge is 0.366 e. The number of carbonyl (C=O) groups is 1. The fourth-order valence-corrected chi connectivity index (χ4v) is 3.12. The number of piperidine rings is 1. The van der Waals surface area contributed by atoms with E-state index in [0.29, 0.717) is 13.2 Å². The Labute approximate surface area is 156 Å². The molecular weight excluding hydrogens is 349 g/mol. The number of morpholine rings is 1. The standard InChI is InChI=1S/C17H25N3O2.2ClH/c21-17(19-15-7-4-8-18-11-15)16-13-20(9-10-22-16)12-14-5-2-1-3-6-14;;/h1-3,5-6,15-16,18H,4,7-13H2,(H,19,21);2*1H. The third-order valence-electron chi connectivity index (χ3n) is 4.34. The van der Waals surface area contributed by atoms with Crippen LogP contribution in [0.1, 0.15) is 18.4 Å². The minimum Gasteiger partial charge on any atom is -0.366 e. The molecule has 0 aliphatic carbocycles. The zero-order valence-electron chi connectivity index (χ0n) is 13.8. The van der Waals surface area contributed by atoms with Crippen LogP contribution in [0.15, 0.2) is 30.3 Å². The summed E-state index contributed by atoms with van der Waals surface area (Å²) in [6.07, 6.45) is 1.83. The van der Waals surface area contributed by atoms with Gasteiger partial charge in [-0.2, -0.15) is 0 Å². The van der Waals surface area contributed by atoms with E-state index in [1.54, 1.807) is 0 Å². The average Bonchev–Trinajstić information content (AvgIpc) is 2.57. The molecule has 2 heterocycles. The highest BCUT2D eigenvalue weighted by Crippen LogP contribution is 2.11. The van der Waals surface area contributed by atoms with Crippen LogP contribution in [-0.4, -0.2) is 55.7 Å². The van der Waals surface area contributed by atoms with Gasteiger partial charge in [-0.25, -0.2) is 0 Å². The third-order valence-corrected chi connectivity index (χ3v) is 4.34. The van der Waals surface area contributed by atoms with E-state index in [0.717, 1.165) is 39.0 Å². The lowest BCUT2D eigenvalue weighted by Gasteiger charge is -2.33. The van der Waals surface area contributed by atoms with Gasteiger partial charge in [0.2, 0.25) is 0 Å². The summed E-state index contributed by atoms with van der Waals surface area (Å²) in [7, 11) is 0. The fraction of sp³-hybridized carbons (Fsp3) is 0.588. The number of hydrogen-bond acceptors (Lipinski definition) is 4. The second-order valence-corrected chi connectivity index (χ2v) is 6.13. The smallest absolute Gasteiger partial charge is 0.250 e. The molecule has 0 saturated carbocycles. The molecule has 1 aromatic carbocycles. The molecule has 136 valence electrons. The molecule has 24 heavy (non-hydrogen) atoms. The first-order valence-electron chi connectivity index (χ1n) is 8.20. The number of benzene rings is 1. The van der Waals surface area contributed by atoms with E-state index < -0.39 is 0 Å². The highest BCUT2D eigenvalue weighted by molar-refractivity contribution is 5.85. The van der Waals surface area contributed by atoms with Crippen molar-refractivity contribution in [3.8, 4) is 0 Å². The molecule has 2 aliphatic rings. The van der Waals surface area contributed by atoms with Gasteiger partial charge in [0.1, 0.15) is 6.10 Å². The summed E-state index contributed by atoms with van der Waals surface area (Å²) in [6, 6.07) is 10.6. The molecule has 0 bridgehead atoms. The number of rotatable bonds is 4. The van der Waals surface area contributed by atoms with E-state index in [1.165, 1.54) is 5.56 Å². The summed E-state index contributed by atoms with van der Waals surface area (Å²) in [4.78, 5) is 14.7. The minimum atomic E-state index is -0.348. The van der Waals surface area contributed by atoms with Crippen LogP contribution in [0.4, 0.5) is 0 Å². The van der Waals surface area contributed by atoms with Gasteiger partial charge in [0.05, 0.1) is 6.61 Å². The fourth-order valence-electron chi connectivity index (χ4n) is 3.12. The van der Waals surface area contributed by atoms with E-state index in [9.17, 15) is 4.79 Å². The molecule has 2 atom stereocenters. The van der Waals surface area contributed by atoms with Gasteiger partial charge in [-0.1, -0.05) is 30.3 Å². The quantitative estimate of drug-likeness (QED) is 0.838. The Bertz CT molecular complexity index is 484. The molecule has 0 spiro atoms. The second kappa shape index (κ2) is 10.9. The molecule has 0 aromatic heterocycles. The van der Waals surface area contributed by atoms with E-state index in [4.69, 9.17) is 4.74 Å². The van der Waals surface area contributed by atoms with Crippen molar-refractivity contribution >= 4 is 30.7 Å². The summed E-state index contributed by atoms with van der Waals surface area (Å²) in [5.74, 6) is 0.0338. The predicted molar refractivity (Wildman–Crippen MR) is 100.0 cm³/mol. The topological polar surface area (TPSA) is 53.6 Å². The molecule has 0 radical (unpaired) electrons. The second-order valence-electron chi connectivity index (χ2n) is 6.13. The van der Waals surface area contributed by atoms with Crippen LogP contribution in [0, 0.1) is 0 Å². The summed E-state index contributed by atoms with van der Waals surface area (Å²) in [5.41, 5.74) is 1.28. The van der Waals surface area contributed by atoms with Crippen LogP contribution in [0.25, 0.3) is 0 Å². The molecule has 1 aromatic rings. The number of amides is 1. The molecule has 2 N–H and O–H groups in total. The van der Waals surface area contributed by atoms with Crippen LogP contribution in [0.5, 0.6) is 0 Å². The summed E-state index contributed by atoms with van der Waals surface area (Å²) < 4.78 is 5.68. The maximum absolute atomic E-state index is 12.4. The SMILES string of the molecule is Cl.Cl.O=C(NC1CCCNC1)C1CN(Cc2ccccc2)CCO1. The number of carbonyl (C=O) groups excluding carboxylic acids is 1. The molecule has 2 saturated heterocycles. The zero-order chi connectivity index (χ0) is 15.2. The highest BCUT2D eigenvalue weighted by Gasteiger charge is 2.28. The molecule has 1 amide bonds. The van der Waals surface area contributed by atoms with E-state index in [1.807, 2.05) is 6.07 Å². The van der Waals surface area contributed by atoms with Crippen LogP contribution in [0.2, 0.25) is 0 Å². The van der Waals surface area contributed by atoms with Crippen molar-refractivity contribution in [2.45, 2.75) is 31.5 Å². The zero-order valence-corrected chi connectivity index (χ0v) is 15.4. The maximum atomic E-state index is 12.4. The normalized spacial score (nSPS) is 24.3. The Morgan fingerprint density at radius 2 is 2.08 bits per heavy atom. The average molecular weight is 376 g/mol. The molecule has 5 nitrogen and oxygen atoms in total. The van der Waals surface area contributed by atoms with Gasteiger partial charge in [0.15, 0.2) is 0 Å². The number of hydrogen-bond donors (Lipinski definition) is 2. The van der Waals surface area contributed by atoms with E-state index >= 15 is 0 Å². The van der Waals surface area contributed by atoms with Gasteiger partial charge < -0.3 is 15.4 Å². The highest BCUT2D eigenvalue weighted by atomic mass is 35.5. The Morgan fingerprint density at radius 1 is 1.29 bits per heavy atom. The van der Waals surface area contributed by atoms with Crippen molar-refractivity contribution in [2.24, 2.45) is 0 Å². The monoisotopic (exact) mass is 375 g/mol. The number of ether oxygens (including phenoxy) is 1. The summed E-state index contributed by atoms with van der Waals surface area (Å²) in [5, 5.41) is 6.44. The Balaban J connectivity index is 0.00000144. The van der Waals surface area contributed by atoms with Crippen molar-refractivity contribution < 1.29 is 9.53 Å². The van der Waals surface area contributed by atoms with Crippen LogP contribution < -0.4 is 10.6 Å². The molecule has 3 rings (SSSR count). The van der Waals surface area contributed by atoms with Gasteiger partial charge in [-0.15, -0.1) is 24.8 Å². The maximum Gasteiger partial charge on any atom is 0.250 e. The molecule has 2 unspecified atom stereocenters. The molecular formula is C17H27Cl2N3O2. The number of halogens is 2. The number of nitrogens with zero attached hydrogens (tertiary/aromatic N) is 1. The lowest BCUT2D eigenvalue weighted by molar-refractivity contribution is -0.139. The van der Waals surface area contributed by atoms with Crippen LogP contribution in [0.3, 0.4) is 0 Å². The summed E-state index contributed by atoms with van der Waals surface area (Å²) in [6.45, 7) is 4.96. The predicted octanol–water partition coefficient (Wildman–Crippen LogP) is 1.60. The van der Waals surface area contributed by atoms with Crippen molar-refractivity contribution in [2.75, 3.05) is 32.8 Å². The van der Waals surface area contributed by atoms with E-state index in [2.05, 4.69) is 39.8 Å². The van der Waals surface area contributed by atoms with Gasteiger partial charge in [-0.05, 0) is 24.9 Å². The van der Waals surface area contributed by atoms with Gasteiger partial charge >= 0.3 is 0 Å². The van der Waals surface area contributed by atoms with Crippen molar-refractivity contribution in [3.05, 3.63) is 35.9 Å².